The fraction of sp³-hybridized carbons (Fsp3) is 0.800. The van der Waals surface area contributed by atoms with Gasteiger partial charge in [0, 0.05) is 6.54 Å². The highest BCUT2D eigenvalue weighted by molar-refractivity contribution is 6.66. The number of likely N-dealkylation sites (tertiary alicyclic amines) is 1. The largest absolute Gasteiger partial charge is 0.506 e. The van der Waals surface area contributed by atoms with E-state index in [2.05, 4.69) is 20.4 Å². The summed E-state index contributed by atoms with van der Waals surface area (Å²) in [5.41, 5.74) is -0.440. The Labute approximate surface area is 89.4 Å². The van der Waals surface area contributed by atoms with Crippen LogP contribution in [0.1, 0.15) is 26.7 Å². The molecule has 5 heteroatoms. The molecule has 1 aliphatic heterocycles. The van der Waals surface area contributed by atoms with E-state index in [0.29, 0.717) is 0 Å². The summed E-state index contributed by atoms with van der Waals surface area (Å²) in [5, 5.41) is 0. The minimum atomic E-state index is -4.87. The number of rotatable bonds is 3. The highest BCUT2D eigenvalue weighted by atomic mass is 19.4. The molecule has 88 valence electrons. The van der Waals surface area contributed by atoms with E-state index >= 15 is 0 Å². The molecule has 0 radical (unpaired) electrons. The van der Waals surface area contributed by atoms with Crippen LogP contribution in [0.3, 0.4) is 0 Å². The molecule has 0 bridgehead atoms. The van der Waals surface area contributed by atoms with E-state index in [1.807, 2.05) is 4.90 Å². The van der Waals surface area contributed by atoms with Gasteiger partial charge in [-0.1, -0.05) is 13.8 Å². The van der Waals surface area contributed by atoms with Crippen LogP contribution in [0.25, 0.3) is 0 Å². The van der Waals surface area contributed by atoms with E-state index in [0.717, 1.165) is 25.9 Å². The van der Waals surface area contributed by atoms with Crippen molar-refractivity contribution in [2.45, 2.75) is 26.7 Å². The van der Waals surface area contributed by atoms with Crippen LogP contribution in [0.15, 0.2) is 12.1 Å². The summed E-state index contributed by atoms with van der Waals surface area (Å²) < 4.78 is 37.0. The summed E-state index contributed by atoms with van der Waals surface area (Å²) >= 11 is 0. The third-order valence-corrected chi connectivity index (χ3v) is 2.87. The second-order valence-corrected chi connectivity index (χ2v) is 5.21. The first-order chi connectivity index (χ1) is 6.71. The first-order valence-electron chi connectivity index (χ1n) is 5.31. The third kappa shape index (κ3) is 3.90. The minimum Gasteiger partial charge on any atom is -0.445 e. The van der Waals surface area contributed by atoms with E-state index in [9.17, 15) is 12.9 Å². The fourth-order valence-electron chi connectivity index (χ4n) is 2.07. The molecule has 1 nitrogen and oxygen atoms in total. The van der Waals surface area contributed by atoms with Crippen molar-refractivity contribution in [2.24, 2.45) is 5.41 Å². The average molecular weight is 220 g/mol. The summed E-state index contributed by atoms with van der Waals surface area (Å²) in [6.45, 7) is 3.93. The predicted octanol–water partition coefficient (Wildman–Crippen LogP) is 3.05. The summed E-state index contributed by atoms with van der Waals surface area (Å²) in [4.78, 5) is 1.86. The van der Waals surface area contributed by atoms with Crippen LogP contribution in [0.4, 0.5) is 12.9 Å². The highest BCUT2D eigenvalue weighted by Crippen LogP contribution is 2.29. The molecular formula is C10H18BF3N-. The molecule has 0 aromatic rings. The predicted molar refractivity (Wildman–Crippen MR) is 57.7 cm³/mol. The topological polar surface area (TPSA) is 3.24 Å². The lowest BCUT2D eigenvalue weighted by Crippen LogP contribution is -2.42. The molecule has 0 aliphatic carbocycles. The van der Waals surface area contributed by atoms with Crippen LogP contribution in [-0.4, -0.2) is 31.5 Å². The second-order valence-electron chi connectivity index (χ2n) is 5.21. The number of piperidine rings is 1. The van der Waals surface area contributed by atoms with Crippen LogP contribution in [0, 0.1) is 5.41 Å². The smallest absolute Gasteiger partial charge is 0.445 e. The van der Waals surface area contributed by atoms with Crippen LogP contribution >= 0.6 is 0 Å². The lowest BCUT2D eigenvalue weighted by molar-refractivity contribution is 0.127. The van der Waals surface area contributed by atoms with Gasteiger partial charge in [-0.25, -0.2) is 0 Å². The Hall–Kier alpha value is -0.445. The van der Waals surface area contributed by atoms with Gasteiger partial charge in [-0.05, 0) is 31.3 Å². The minimum absolute atomic E-state index is 0.0209. The van der Waals surface area contributed by atoms with Crippen molar-refractivity contribution in [3.8, 4) is 0 Å². The van der Waals surface area contributed by atoms with E-state index < -0.39 is 12.4 Å². The Bertz CT molecular complexity index is 248. The van der Waals surface area contributed by atoms with E-state index in [1.165, 1.54) is 0 Å². The summed E-state index contributed by atoms with van der Waals surface area (Å²) in [5.74, 6) is 0. The highest BCUT2D eigenvalue weighted by Gasteiger charge is 2.31. The number of nitrogens with zero attached hydrogens (tertiary/aromatic N) is 1. The normalized spacial score (nSPS) is 22.7. The zero-order valence-corrected chi connectivity index (χ0v) is 9.40. The van der Waals surface area contributed by atoms with Crippen molar-refractivity contribution >= 4 is 6.98 Å². The molecule has 0 aromatic carbocycles. The first kappa shape index (κ1) is 12.6. The fourth-order valence-corrected chi connectivity index (χ4v) is 2.07. The SMILES string of the molecule is C=C(CN1CCCC(C)(C)C1)[B-](F)(F)F. The standard InChI is InChI=1S/C10H18BF3N/c1-9(11(12,13)14)7-15-6-4-5-10(2,3)8-15/h1,4-8H2,2-3H3/q-1. The maximum atomic E-state index is 12.3. The Morgan fingerprint density at radius 3 is 2.47 bits per heavy atom. The summed E-state index contributed by atoms with van der Waals surface area (Å²) in [6, 6.07) is 0. The molecule has 0 saturated carbocycles. The van der Waals surface area contributed by atoms with Crippen LogP contribution < -0.4 is 0 Å². The van der Waals surface area contributed by atoms with Gasteiger partial charge in [0.2, 0.25) is 0 Å². The van der Waals surface area contributed by atoms with Crippen molar-refractivity contribution in [3.63, 3.8) is 0 Å². The first-order valence-corrected chi connectivity index (χ1v) is 5.31. The zero-order valence-electron chi connectivity index (χ0n) is 9.40. The van der Waals surface area contributed by atoms with Crippen molar-refractivity contribution in [3.05, 3.63) is 12.1 Å². The number of hydrogen-bond donors (Lipinski definition) is 0. The molecule has 1 fully saturated rings. The quantitative estimate of drug-likeness (QED) is 0.660. The Kier molecular flexibility index (Phi) is 3.53. The van der Waals surface area contributed by atoms with Gasteiger partial charge < -0.3 is 17.8 Å². The van der Waals surface area contributed by atoms with Crippen LogP contribution in [0.2, 0.25) is 0 Å². The van der Waals surface area contributed by atoms with Crippen molar-refractivity contribution in [1.82, 2.24) is 4.90 Å². The molecule has 0 amide bonds. The van der Waals surface area contributed by atoms with Gasteiger partial charge >= 0.3 is 6.98 Å². The molecule has 15 heavy (non-hydrogen) atoms. The summed E-state index contributed by atoms with van der Waals surface area (Å²) in [6.07, 6.45) is 2.07. The molecule has 0 N–H and O–H groups in total. The van der Waals surface area contributed by atoms with Crippen molar-refractivity contribution in [2.75, 3.05) is 19.6 Å². The Balaban J connectivity index is 2.49. The van der Waals surface area contributed by atoms with Gasteiger partial charge in [-0.2, -0.15) is 0 Å². The van der Waals surface area contributed by atoms with Gasteiger partial charge in [0.05, 0.1) is 0 Å². The zero-order chi connectivity index (χ0) is 11.7. The van der Waals surface area contributed by atoms with Crippen LogP contribution in [-0.2, 0) is 0 Å². The van der Waals surface area contributed by atoms with Gasteiger partial charge in [-0.15, -0.1) is 12.1 Å². The summed E-state index contributed by atoms with van der Waals surface area (Å²) in [7, 11) is 0. The Morgan fingerprint density at radius 2 is 2.00 bits per heavy atom. The molecule has 0 unspecified atom stereocenters. The lowest BCUT2D eigenvalue weighted by atomic mass is 9.78. The molecule has 1 heterocycles. The van der Waals surface area contributed by atoms with Crippen molar-refractivity contribution in [1.29, 1.82) is 0 Å². The Morgan fingerprint density at radius 1 is 1.40 bits per heavy atom. The molecule has 1 rings (SSSR count). The van der Waals surface area contributed by atoms with Gasteiger partial charge in [-0.3, -0.25) is 0 Å². The van der Waals surface area contributed by atoms with Crippen LogP contribution in [0.5, 0.6) is 0 Å². The average Bonchev–Trinajstić information content (AvgIpc) is 2.00. The lowest BCUT2D eigenvalue weighted by Gasteiger charge is -2.39. The number of hydrogen-bond acceptors (Lipinski definition) is 1. The van der Waals surface area contributed by atoms with Gasteiger partial charge in [0.15, 0.2) is 0 Å². The molecule has 0 aromatic heterocycles. The number of halogens is 3. The van der Waals surface area contributed by atoms with E-state index in [1.54, 1.807) is 0 Å². The van der Waals surface area contributed by atoms with Gasteiger partial charge in [0.1, 0.15) is 0 Å². The molecule has 1 saturated heterocycles. The van der Waals surface area contributed by atoms with Gasteiger partial charge in [0.25, 0.3) is 0 Å². The molecule has 0 atom stereocenters. The third-order valence-electron chi connectivity index (χ3n) is 2.87. The van der Waals surface area contributed by atoms with E-state index in [-0.39, 0.29) is 12.0 Å². The maximum Gasteiger partial charge on any atom is 0.506 e. The molecular weight excluding hydrogens is 202 g/mol. The second kappa shape index (κ2) is 4.20. The monoisotopic (exact) mass is 220 g/mol. The van der Waals surface area contributed by atoms with E-state index in [4.69, 9.17) is 0 Å². The molecule has 1 aliphatic rings. The molecule has 0 spiro atoms. The van der Waals surface area contributed by atoms with Crippen molar-refractivity contribution < 1.29 is 12.9 Å². The maximum absolute atomic E-state index is 12.3.